The maximum atomic E-state index is 4.29. The van der Waals surface area contributed by atoms with Crippen LogP contribution in [0.15, 0.2) is 54.6 Å². The lowest BCUT2D eigenvalue weighted by molar-refractivity contribution is 0.735. The Kier molecular flexibility index (Phi) is 4.24. The number of thioether (sulfide) groups is 1. The van der Waals surface area contributed by atoms with Gasteiger partial charge in [-0.2, -0.15) is 11.8 Å². The van der Waals surface area contributed by atoms with Crippen molar-refractivity contribution in [3.05, 3.63) is 60.2 Å². The molecule has 0 atom stereocenters. The van der Waals surface area contributed by atoms with Crippen LogP contribution in [0.2, 0.25) is 0 Å². The molecule has 120 valence electrons. The van der Waals surface area contributed by atoms with Crippen molar-refractivity contribution in [1.29, 1.82) is 0 Å². The summed E-state index contributed by atoms with van der Waals surface area (Å²) in [6.07, 6.45) is 0. The molecular weight excluding hydrogens is 320 g/mol. The van der Waals surface area contributed by atoms with Crippen molar-refractivity contribution in [2.75, 3.05) is 17.6 Å². The third-order valence-corrected chi connectivity index (χ3v) is 4.77. The van der Waals surface area contributed by atoms with Crippen molar-refractivity contribution in [2.24, 2.45) is 0 Å². The van der Waals surface area contributed by atoms with Crippen LogP contribution in [0.4, 0.5) is 5.82 Å². The maximum Gasteiger partial charge on any atom is 0.200 e. The van der Waals surface area contributed by atoms with Crippen LogP contribution in [0.25, 0.3) is 16.4 Å². The lowest BCUT2D eigenvalue weighted by atomic mass is 10.1. The number of benzene rings is 2. The third kappa shape index (κ3) is 3.16. The lowest BCUT2D eigenvalue weighted by Crippen LogP contribution is -2.08. The van der Waals surface area contributed by atoms with Crippen molar-refractivity contribution in [1.82, 2.24) is 25.3 Å². The molecule has 2 aromatic carbocycles. The number of nitrogens with one attached hydrogen (secondary N) is 1. The van der Waals surface area contributed by atoms with Crippen molar-refractivity contribution >= 4 is 34.0 Å². The topological polar surface area (TPSA) is 68.0 Å². The van der Waals surface area contributed by atoms with Gasteiger partial charge in [-0.05, 0) is 38.9 Å². The van der Waals surface area contributed by atoms with Gasteiger partial charge in [0.05, 0.1) is 0 Å². The first-order chi connectivity index (χ1) is 11.9. The monoisotopic (exact) mass is 336 g/mol. The molecule has 0 unspecified atom stereocenters. The fraction of sp³-hybridized carbons (Fsp3) is 0.176. The van der Waals surface area contributed by atoms with Gasteiger partial charge in [-0.3, -0.25) is 0 Å². The van der Waals surface area contributed by atoms with Crippen LogP contribution in [-0.2, 0) is 5.75 Å². The second kappa shape index (κ2) is 6.84. The van der Waals surface area contributed by atoms with Crippen LogP contribution in [0.1, 0.15) is 5.56 Å². The molecule has 0 radical (unpaired) electrons. The highest BCUT2D eigenvalue weighted by molar-refractivity contribution is 7.98. The summed E-state index contributed by atoms with van der Waals surface area (Å²) in [5.41, 5.74) is 2.03. The van der Waals surface area contributed by atoms with Gasteiger partial charge in [0.15, 0.2) is 5.65 Å². The van der Waals surface area contributed by atoms with E-state index < -0.39 is 0 Å². The average Bonchev–Trinajstić information content (AvgIpc) is 3.09. The molecular formula is C17H16N6S. The van der Waals surface area contributed by atoms with E-state index in [1.165, 1.54) is 21.0 Å². The molecule has 2 aromatic heterocycles. The van der Waals surface area contributed by atoms with Gasteiger partial charge in [-0.1, -0.05) is 42.5 Å². The molecule has 0 fully saturated rings. The quantitative estimate of drug-likeness (QED) is 0.546. The molecule has 0 amide bonds. The minimum absolute atomic E-state index is 0.644. The minimum Gasteiger partial charge on any atom is -0.368 e. The SMILES string of the molecule is c1ccc2c(CSCCNc3ccc4nnnn4n3)cccc2c1. The van der Waals surface area contributed by atoms with Gasteiger partial charge in [0.2, 0.25) is 0 Å². The summed E-state index contributed by atoms with van der Waals surface area (Å²) < 4.78 is 1.42. The Bertz CT molecular complexity index is 962. The van der Waals surface area contributed by atoms with Gasteiger partial charge in [0, 0.05) is 18.1 Å². The van der Waals surface area contributed by atoms with Crippen LogP contribution in [0.3, 0.4) is 0 Å². The van der Waals surface area contributed by atoms with Gasteiger partial charge < -0.3 is 5.32 Å². The van der Waals surface area contributed by atoms with E-state index in [0.717, 1.165) is 23.9 Å². The number of fused-ring (bicyclic) bond motifs is 2. The van der Waals surface area contributed by atoms with E-state index in [4.69, 9.17) is 0 Å². The molecule has 0 aliphatic heterocycles. The average molecular weight is 336 g/mol. The van der Waals surface area contributed by atoms with E-state index in [-0.39, 0.29) is 0 Å². The first-order valence-corrected chi connectivity index (χ1v) is 8.89. The summed E-state index contributed by atoms with van der Waals surface area (Å²) in [5, 5.41) is 21.4. The summed E-state index contributed by atoms with van der Waals surface area (Å²) >= 11 is 1.91. The highest BCUT2D eigenvalue weighted by Gasteiger charge is 2.02. The maximum absolute atomic E-state index is 4.29. The zero-order valence-electron chi connectivity index (χ0n) is 13.0. The van der Waals surface area contributed by atoms with Gasteiger partial charge >= 0.3 is 0 Å². The van der Waals surface area contributed by atoms with Crippen LogP contribution >= 0.6 is 11.8 Å². The Labute approximate surface area is 143 Å². The van der Waals surface area contributed by atoms with E-state index >= 15 is 0 Å². The van der Waals surface area contributed by atoms with Gasteiger partial charge in [-0.25, -0.2) is 0 Å². The van der Waals surface area contributed by atoms with Crippen LogP contribution < -0.4 is 5.32 Å². The normalized spacial score (nSPS) is 11.2. The molecule has 6 nitrogen and oxygen atoms in total. The summed E-state index contributed by atoms with van der Waals surface area (Å²) in [6, 6.07) is 18.8. The second-order valence-corrected chi connectivity index (χ2v) is 6.47. The molecule has 0 spiro atoms. The number of tetrazole rings is 1. The van der Waals surface area contributed by atoms with E-state index in [0.29, 0.717) is 5.65 Å². The highest BCUT2D eigenvalue weighted by Crippen LogP contribution is 2.22. The predicted molar refractivity (Wildman–Crippen MR) is 97.2 cm³/mol. The zero-order chi connectivity index (χ0) is 16.2. The molecule has 24 heavy (non-hydrogen) atoms. The van der Waals surface area contributed by atoms with Gasteiger partial charge in [0.25, 0.3) is 0 Å². The van der Waals surface area contributed by atoms with Gasteiger partial charge in [0.1, 0.15) is 5.82 Å². The van der Waals surface area contributed by atoms with Gasteiger partial charge in [-0.15, -0.1) is 14.8 Å². The van der Waals surface area contributed by atoms with E-state index in [1.807, 2.05) is 23.9 Å². The number of aromatic nitrogens is 5. The number of nitrogens with zero attached hydrogens (tertiary/aromatic N) is 5. The molecule has 4 aromatic rings. The molecule has 0 saturated carbocycles. The molecule has 0 saturated heterocycles. The summed E-state index contributed by atoms with van der Waals surface area (Å²) in [5.74, 6) is 2.78. The zero-order valence-corrected chi connectivity index (χ0v) is 13.8. The van der Waals surface area contributed by atoms with Crippen LogP contribution in [0.5, 0.6) is 0 Å². The second-order valence-electron chi connectivity index (χ2n) is 5.36. The Morgan fingerprint density at radius 2 is 1.92 bits per heavy atom. The lowest BCUT2D eigenvalue weighted by Gasteiger charge is -2.07. The predicted octanol–water partition coefficient (Wildman–Crippen LogP) is 3.02. The Morgan fingerprint density at radius 1 is 1.00 bits per heavy atom. The molecule has 0 bridgehead atoms. The largest absolute Gasteiger partial charge is 0.368 e. The fourth-order valence-electron chi connectivity index (χ4n) is 2.60. The number of hydrogen-bond acceptors (Lipinski definition) is 6. The van der Waals surface area contributed by atoms with Crippen molar-refractivity contribution in [2.45, 2.75) is 5.75 Å². The van der Waals surface area contributed by atoms with Crippen LogP contribution in [-0.4, -0.2) is 37.6 Å². The first-order valence-electron chi connectivity index (χ1n) is 7.74. The van der Waals surface area contributed by atoms with Crippen molar-refractivity contribution in [3.8, 4) is 0 Å². The summed E-state index contributed by atoms with van der Waals surface area (Å²) in [4.78, 5) is 0. The number of hydrogen-bond donors (Lipinski definition) is 1. The minimum atomic E-state index is 0.644. The summed E-state index contributed by atoms with van der Waals surface area (Å²) in [6.45, 7) is 0.843. The van der Waals surface area contributed by atoms with E-state index in [2.05, 4.69) is 68.4 Å². The Morgan fingerprint density at radius 3 is 2.92 bits per heavy atom. The van der Waals surface area contributed by atoms with Crippen molar-refractivity contribution in [3.63, 3.8) is 0 Å². The van der Waals surface area contributed by atoms with Crippen LogP contribution in [0, 0.1) is 0 Å². The molecule has 0 aliphatic rings. The smallest absolute Gasteiger partial charge is 0.200 e. The molecule has 2 heterocycles. The first kappa shape index (κ1) is 14.9. The van der Waals surface area contributed by atoms with E-state index in [1.54, 1.807) is 0 Å². The van der Waals surface area contributed by atoms with E-state index in [9.17, 15) is 0 Å². The molecule has 7 heteroatoms. The van der Waals surface area contributed by atoms with Crippen molar-refractivity contribution < 1.29 is 0 Å². The molecule has 1 N–H and O–H groups in total. The third-order valence-electron chi connectivity index (χ3n) is 3.76. The fourth-order valence-corrected chi connectivity index (χ4v) is 3.46. The number of rotatable bonds is 6. The summed E-state index contributed by atoms with van der Waals surface area (Å²) in [7, 11) is 0. The standard InChI is InChI=1S/C17H16N6S/c1-2-7-15-13(4-1)5-3-6-14(15)12-24-11-10-18-16-8-9-17-19-21-22-23(17)20-16/h1-9H,10-12H2,(H,18,20). The number of anilines is 1. The Balaban J connectivity index is 1.31. The highest BCUT2D eigenvalue weighted by atomic mass is 32.2. The Hall–Kier alpha value is -2.67. The molecule has 0 aliphatic carbocycles. The molecule has 4 rings (SSSR count).